The van der Waals surface area contributed by atoms with Crippen LogP contribution in [0.25, 0.3) is 5.65 Å². The number of hydrogen-bond acceptors (Lipinski definition) is 5. The van der Waals surface area contributed by atoms with Crippen LogP contribution < -0.4 is 5.56 Å². The summed E-state index contributed by atoms with van der Waals surface area (Å²) in [7, 11) is 0. The van der Waals surface area contributed by atoms with Gasteiger partial charge >= 0.3 is 5.97 Å². The monoisotopic (exact) mass is 340 g/mol. The molecular weight excluding hydrogens is 324 g/mol. The zero-order chi connectivity index (χ0) is 16.7. The maximum Gasteiger partial charge on any atom is 0.348 e. The highest BCUT2D eigenvalue weighted by molar-refractivity contribution is 7.14. The smallest absolute Gasteiger partial charge is 0.348 e. The van der Waals surface area contributed by atoms with Crippen molar-refractivity contribution in [1.82, 2.24) is 9.38 Å². The minimum Gasteiger partial charge on any atom is -0.455 e. The highest BCUT2D eigenvalue weighted by atomic mass is 32.1. The molecular formula is C18H16N2O3S. The molecule has 5 nitrogen and oxygen atoms in total. The van der Waals surface area contributed by atoms with E-state index in [4.69, 9.17) is 4.74 Å². The lowest BCUT2D eigenvalue weighted by Gasteiger charge is -2.06. The number of aromatic nitrogens is 2. The minimum atomic E-state index is -0.347. The van der Waals surface area contributed by atoms with E-state index < -0.39 is 0 Å². The van der Waals surface area contributed by atoms with Crippen LogP contribution in [0.15, 0.2) is 35.3 Å². The summed E-state index contributed by atoms with van der Waals surface area (Å²) in [5.41, 5.74) is 3.08. The highest BCUT2D eigenvalue weighted by Gasteiger charge is 2.19. The van der Waals surface area contributed by atoms with Crippen LogP contribution in [0, 0.1) is 6.92 Å². The largest absolute Gasteiger partial charge is 0.455 e. The number of esters is 1. The Morgan fingerprint density at radius 2 is 2.21 bits per heavy atom. The Balaban J connectivity index is 1.52. The molecule has 0 spiro atoms. The van der Waals surface area contributed by atoms with Gasteiger partial charge in [0, 0.05) is 17.1 Å². The van der Waals surface area contributed by atoms with E-state index in [1.165, 1.54) is 38.7 Å². The van der Waals surface area contributed by atoms with Crippen LogP contribution in [0.2, 0.25) is 0 Å². The second-order valence-corrected chi connectivity index (χ2v) is 7.15. The first-order valence-electron chi connectivity index (χ1n) is 7.88. The molecule has 0 saturated heterocycles. The number of carbonyl (C=O) groups excluding carboxylic acids is 1. The van der Waals surface area contributed by atoms with Gasteiger partial charge in [0.05, 0.1) is 5.69 Å². The Morgan fingerprint density at radius 1 is 1.33 bits per heavy atom. The van der Waals surface area contributed by atoms with Crippen molar-refractivity contribution in [3.8, 4) is 0 Å². The molecule has 4 rings (SSSR count). The maximum absolute atomic E-state index is 12.2. The average molecular weight is 340 g/mol. The van der Waals surface area contributed by atoms with Gasteiger partial charge < -0.3 is 4.74 Å². The Labute approximate surface area is 142 Å². The molecule has 0 aromatic carbocycles. The van der Waals surface area contributed by atoms with Crippen molar-refractivity contribution in [1.29, 1.82) is 0 Å². The van der Waals surface area contributed by atoms with Crippen LogP contribution in [0.1, 0.15) is 37.8 Å². The maximum atomic E-state index is 12.2. The second kappa shape index (κ2) is 5.87. The third kappa shape index (κ3) is 2.73. The van der Waals surface area contributed by atoms with Gasteiger partial charge in [-0.05, 0) is 49.4 Å². The van der Waals surface area contributed by atoms with Crippen molar-refractivity contribution in [3.05, 3.63) is 67.4 Å². The molecule has 122 valence electrons. The van der Waals surface area contributed by atoms with Crippen molar-refractivity contribution >= 4 is 23.0 Å². The summed E-state index contributed by atoms with van der Waals surface area (Å²) in [5.74, 6) is -0.347. The fraction of sp³-hybridized carbons (Fsp3) is 0.278. The molecule has 0 saturated carbocycles. The van der Waals surface area contributed by atoms with E-state index in [1.54, 1.807) is 12.3 Å². The van der Waals surface area contributed by atoms with Gasteiger partial charge in [-0.2, -0.15) is 0 Å². The molecule has 0 bridgehead atoms. The van der Waals surface area contributed by atoms with Crippen molar-refractivity contribution in [3.63, 3.8) is 0 Å². The third-order valence-electron chi connectivity index (χ3n) is 4.16. The lowest BCUT2D eigenvalue weighted by Crippen LogP contribution is -2.16. The average Bonchev–Trinajstić information content (AvgIpc) is 3.15. The molecule has 0 aliphatic heterocycles. The minimum absolute atomic E-state index is 0.00101. The summed E-state index contributed by atoms with van der Waals surface area (Å²) in [6.07, 6.45) is 5.01. The number of pyridine rings is 1. The van der Waals surface area contributed by atoms with Gasteiger partial charge in [0.15, 0.2) is 0 Å². The van der Waals surface area contributed by atoms with Crippen LogP contribution in [-0.2, 0) is 24.2 Å². The van der Waals surface area contributed by atoms with E-state index in [0.717, 1.165) is 18.4 Å². The quantitative estimate of drug-likeness (QED) is 0.688. The van der Waals surface area contributed by atoms with Crippen LogP contribution in [-0.4, -0.2) is 15.4 Å². The van der Waals surface area contributed by atoms with Crippen molar-refractivity contribution in [2.45, 2.75) is 32.8 Å². The second-order valence-electron chi connectivity index (χ2n) is 6.01. The predicted molar refractivity (Wildman–Crippen MR) is 91.7 cm³/mol. The van der Waals surface area contributed by atoms with Crippen LogP contribution in [0.5, 0.6) is 0 Å². The molecule has 6 heteroatoms. The summed E-state index contributed by atoms with van der Waals surface area (Å²) in [6.45, 7) is 1.92. The summed E-state index contributed by atoms with van der Waals surface area (Å²) in [5, 5.41) is 0. The van der Waals surface area contributed by atoms with Crippen LogP contribution >= 0.6 is 11.3 Å². The standard InChI is InChI=1S/C18H16N2O3S/c1-11-5-6-16-19-13(8-17(21)20(16)9-11)10-23-18(22)15-7-12-3-2-4-14(12)24-15/h5-9H,2-4,10H2,1H3. The number of ether oxygens (including phenoxy) is 1. The number of thiophene rings is 1. The molecule has 1 aliphatic carbocycles. The molecule has 0 N–H and O–H groups in total. The van der Waals surface area contributed by atoms with E-state index in [1.807, 2.05) is 19.1 Å². The van der Waals surface area contributed by atoms with Gasteiger partial charge in [-0.15, -0.1) is 11.3 Å². The Kier molecular flexibility index (Phi) is 3.69. The molecule has 3 aromatic heterocycles. The first kappa shape index (κ1) is 15.1. The van der Waals surface area contributed by atoms with Gasteiger partial charge in [0.25, 0.3) is 5.56 Å². The molecule has 0 radical (unpaired) electrons. The highest BCUT2D eigenvalue weighted by Crippen LogP contribution is 2.31. The SMILES string of the molecule is Cc1ccc2nc(COC(=O)c3cc4c(s3)CCC4)cc(=O)n2c1. The summed E-state index contributed by atoms with van der Waals surface area (Å²) < 4.78 is 6.83. The number of rotatable bonds is 3. The summed E-state index contributed by atoms with van der Waals surface area (Å²) >= 11 is 1.51. The predicted octanol–water partition coefficient (Wildman–Crippen LogP) is 2.91. The molecule has 0 atom stereocenters. The van der Waals surface area contributed by atoms with Gasteiger partial charge in [-0.3, -0.25) is 9.20 Å². The molecule has 1 aliphatic rings. The van der Waals surface area contributed by atoms with Gasteiger partial charge in [0.2, 0.25) is 0 Å². The number of hydrogen-bond donors (Lipinski definition) is 0. The zero-order valence-corrected chi connectivity index (χ0v) is 14.1. The van der Waals surface area contributed by atoms with Crippen LogP contribution in [0.3, 0.4) is 0 Å². The summed E-state index contributed by atoms with van der Waals surface area (Å²) in [4.78, 5) is 30.6. The van der Waals surface area contributed by atoms with E-state index >= 15 is 0 Å². The van der Waals surface area contributed by atoms with Crippen molar-refractivity contribution in [2.24, 2.45) is 0 Å². The molecule has 0 unspecified atom stereocenters. The fourth-order valence-electron chi connectivity index (χ4n) is 2.97. The zero-order valence-electron chi connectivity index (χ0n) is 13.2. The van der Waals surface area contributed by atoms with Gasteiger partial charge in [0.1, 0.15) is 17.1 Å². The molecule has 0 fully saturated rings. The lowest BCUT2D eigenvalue weighted by molar-refractivity contribution is 0.0473. The van der Waals surface area contributed by atoms with Crippen LogP contribution in [0.4, 0.5) is 0 Å². The number of fused-ring (bicyclic) bond motifs is 2. The fourth-order valence-corrected chi connectivity index (χ4v) is 4.12. The molecule has 0 amide bonds. The normalized spacial score (nSPS) is 13.2. The van der Waals surface area contributed by atoms with Crippen molar-refractivity contribution < 1.29 is 9.53 Å². The van der Waals surface area contributed by atoms with E-state index in [9.17, 15) is 9.59 Å². The molecule has 3 aromatic rings. The number of aryl methyl sites for hydroxylation is 3. The first-order valence-corrected chi connectivity index (χ1v) is 8.69. The Hall–Kier alpha value is -2.47. The number of nitrogens with zero attached hydrogens (tertiary/aromatic N) is 2. The van der Waals surface area contributed by atoms with E-state index in [-0.39, 0.29) is 18.1 Å². The van der Waals surface area contributed by atoms with E-state index in [0.29, 0.717) is 16.2 Å². The van der Waals surface area contributed by atoms with E-state index in [2.05, 4.69) is 4.98 Å². The third-order valence-corrected chi connectivity index (χ3v) is 5.38. The van der Waals surface area contributed by atoms with Crippen molar-refractivity contribution in [2.75, 3.05) is 0 Å². The van der Waals surface area contributed by atoms with Gasteiger partial charge in [-0.25, -0.2) is 9.78 Å². The molecule has 3 heterocycles. The Bertz CT molecular complexity index is 982. The lowest BCUT2D eigenvalue weighted by atomic mass is 10.2. The number of carbonyl (C=O) groups is 1. The summed E-state index contributed by atoms with van der Waals surface area (Å²) in [6, 6.07) is 7.02. The van der Waals surface area contributed by atoms with Gasteiger partial charge in [-0.1, -0.05) is 6.07 Å². The molecule has 24 heavy (non-hydrogen) atoms. The topological polar surface area (TPSA) is 60.7 Å². The first-order chi connectivity index (χ1) is 11.6. The Morgan fingerprint density at radius 3 is 3.04 bits per heavy atom.